The zero-order chi connectivity index (χ0) is 20.5. The van der Waals surface area contributed by atoms with Gasteiger partial charge >= 0.3 is 5.97 Å². The number of hydrogen-bond acceptors (Lipinski definition) is 5. The molecule has 0 amide bonds. The van der Waals surface area contributed by atoms with E-state index in [1.807, 2.05) is 12.1 Å². The van der Waals surface area contributed by atoms with Crippen molar-refractivity contribution in [2.45, 2.75) is 32.7 Å². The average molecular weight is 432 g/mol. The van der Waals surface area contributed by atoms with Crippen LogP contribution in [0, 0.1) is 0 Å². The molecule has 1 aromatic carbocycles. The van der Waals surface area contributed by atoms with Gasteiger partial charge in [-0.2, -0.15) is 0 Å². The van der Waals surface area contributed by atoms with E-state index in [0.717, 1.165) is 31.7 Å². The highest BCUT2D eigenvalue weighted by molar-refractivity contribution is 7.80. The van der Waals surface area contributed by atoms with Crippen molar-refractivity contribution < 1.29 is 9.53 Å². The van der Waals surface area contributed by atoms with Crippen LogP contribution in [0.2, 0.25) is 0 Å². The van der Waals surface area contributed by atoms with Crippen molar-refractivity contribution in [1.82, 2.24) is 9.80 Å². The molecule has 29 heavy (non-hydrogen) atoms. The zero-order valence-corrected chi connectivity index (χ0v) is 18.6. The number of carbonyl (C=O) groups is 1. The summed E-state index contributed by atoms with van der Waals surface area (Å²) in [5, 5.41) is 6.14. The number of benzene rings is 1. The molecule has 2 aromatic rings. The van der Waals surface area contributed by atoms with Crippen LogP contribution in [0.5, 0.6) is 0 Å². The Hall–Kier alpha value is -1.96. The molecular weight excluding hydrogens is 402 g/mol. The number of nitrogens with zero attached hydrogens (tertiary/aromatic N) is 2. The lowest BCUT2D eigenvalue weighted by molar-refractivity contribution is 0.0526. The fourth-order valence-electron chi connectivity index (χ4n) is 3.44. The van der Waals surface area contributed by atoms with Crippen LogP contribution in [-0.2, 0) is 11.3 Å². The van der Waals surface area contributed by atoms with E-state index in [9.17, 15) is 4.79 Å². The van der Waals surface area contributed by atoms with Crippen molar-refractivity contribution in [1.29, 1.82) is 0 Å². The Balaban J connectivity index is 1.58. The van der Waals surface area contributed by atoms with Crippen molar-refractivity contribution in [3.8, 4) is 0 Å². The van der Waals surface area contributed by atoms with Crippen LogP contribution in [0.3, 0.4) is 0 Å². The molecule has 156 valence electrons. The Bertz CT molecular complexity index is 772. The van der Waals surface area contributed by atoms with Crippen LogP contribution >= 0.6 is 23.6 Å². The predicted molar refractivity (Wildman–Crippen MR) is 124 cm³/mol. The summed E-state index contributed by atoms with van der Waals surface area (Å²) < 4.78 is 5.04. The first kappa shape index (κ1) is 21.7. The number of hydrogen-bond donors (Lipinski definition) is 1. The number of carbonyl (C=O) groups excluding carboxylic acids is 1. The van der Waals surface area contributed by atoms with Crippen LogP contribution in [0.1, 0.15) is 41.4 Å². The van der Waals surface area contributed by atoms with Gasteiger partial charge in [-0.15, -0.1) is 11.3 Å². The summed E-state index contributed by atoms with van der Waals surface area (Å²) in [5.74, 6) is -0.303. The lowest BCUT2D eigenvalue weighted by Crippen LogP contribution is -2.36. The topological polar surface area (TPSA) is 44.8 Å². The van der Waals surface area contributed by atoms with Gasteiger partial charge in [-0.1, -0.05) is 6.07 Å². The molecule has 0 spiro atoms. The second kappa shape index (κ2) is 11.3. The smallest absolute Gasteiger partial charge is 0.338 e. The van der Waals surface area contributed by atoms with E-state index in [1.54, 1.807) is 30.4 Å². The molecule has 1 fully saturated rings. The monoisotopic (exact) mass is 431 g/mol. The molecular formula is C22H29N3O2S2. The van der Waals surface area contributed by atoms with Crippen molar-refractivity contribution in [2.75, 3.05) is 38.1 Å². The van der Waals surface area contributed by atoms with Crippen molar-refractivity contribution in [3.63, 3.8) is 0 Å². The maximum atomic E-state index is 11.8. The fourth-order valence-corrected chi connectivity index (χ4v) is 4.43. The Morgan fingerprint density at radius 1 is 1.24 bits per heavy atom. The number of rotatable bonds is 9. The molecule has 0 bridgehead atoms. The molecule has 1 saturated heterocycles. The van der Waals surface area contributed by atoms with E-state index in [-0.39, 0.29) is 5.97 Å². The van der Waals surface area contributed by atoms with Gasteiger partial charge < -0.3 is 19.9 Å². The quantitative estimate of drug-likeness (QED) is 0.462. The number of anilines is 1. The minimum absolute atomic E-state index is 0.303. The van der Waals surface area contributed by atoms with Crippen molar-refractivity contribution in [3.05, 3.63) is 52.2 Å². The third kappa shape index (κ3) is 6.80. The normalized spacial score (nSPS) is 14.0. The first-order valence-corrected chi connectivity index (χ1v) is 11.5. The van der Waals surface area contributed by atoms with E-state index in [2.05, 4.69) is 32.6 Å². The molecule has 0 radical (unpaired) electrons. The van der Waals surface area contributed by atoms with Gasteiger partial charge in [0, 0.05) is 17.1 Å². The van der Waals surface area contributed by atoms with Gasteiger partial charge in [0.1, 0.15) is 0 Å². The maximum absolute atomic E-state index is 11.8. The van der Waals surface area contributed by atoms with Crippen molar-refractivity contribution in [2.24, 2.45) is 0 Å². The third-order valence-electron chi connectivity index (χ3n) is 4.96. The second-order valence-electron chi connectivity index (χ2n) is 7.13. The fraction of sp³-hybridized carbons (Fsp3) is 0.455. The lowest BCUT2D eigenvalue weighted by Gasteiger charge is -2.26. The summed E-state index contributed by atoms with van der Waals surface area (Å²) in [6, 6.07) is 11.5. The van der Waals surface area contributed by atoms with E-state index in [4.69, 9.17) is 17.0 Å². The van der Waals surface area contributed by atoms with Crippen LogP contribution in [0.25, 0.3) is 0 Å². The van der Waals surface area contributed by atoms with E-state index >= 15 is 0 Å². The van der Waals surface area contributed by atoms with Gasteiger partial charge in [0.2, 0.25) is 0 Å². The number of nitrogens with one attached hydrogen (secondary N) is 1. The first-order chi connectivity index (χ1) is 14.2. The second-order valence-corrected chi connectivity index (χ2v) is 8.55. The first-order valence-electron chi connectivity index (χ1n) is 10.2. The molecule has 1 aliphatic heterocycles. The van der Waals surface area contributed by atoms with Crippen molar-refractivity contribution >= 4 is 40.3 Å². The summed E-state index contributed by atoms with van der Waals surface area (Å²) in [5.41, 5.74) is 1.42. The maximum Gasteiger partial charge on any atom is 0.338 e. The van der Waals surface area contributed by atoms with Gasteiger partial charge in [-0.25, -0.2) is 4.79 Å². The standard InChI is InChI=1S/C22H29N3O2S2/c1-2-27-21(26)18-8-10-19(11-9-18)23-22(28)25(17-20-7-5-16-29-20)15-6-14-24-12-3-4-13-24/h5,7-11,16H,2-4,6,12-15,17H2,1H3,(H,23,28). The summed E-state index contributed by atoms with van der Waals surface area (Å²) in [6.07, 6.45) is 3.73. The van der Waals surface area contributed by atoms with Crippen LogP contribution in [0.15, 0.2) is 41.8 Å². The number of likely N-dealkylation sites (tertiary alicyclic amines) is 1. The molecule has 1 N–H and O–H groups in total. The minimum Gasteiger partial charge on any atom is -0.462 e. The van der Waals surface area contributed by atoms with Gasteiger partial charge in [-0.05, 0) is 93.8 Å². The van der Waals surface area contributed by atoms with Gasteiger partial charge in [0.15, 0.2) is 5.11 Å². The lowest BCUT2D eigenvalue weighted by atomic mass is 10.2. The summed E-state index contributed by atoms with van der Waals surface area (Å²) in [6.45, 7) is 7.47. The number of esters is 1. The number of ether oxygens (including phenoxy) is 1. The number of thiophene rings is 1. The van der Waals surface area contributed by atoms with Crippen LogP contribution in [0.4, 0.5) is 5.69 Å². The molecule has 2 heterocycles. The van der Waals surface area contributed by atoms with Crippen LogP contribution < -0.4 is 5.32 Å². The van der Waals surface area contributed by atoms with Crippen LogP contribution in [-0.4, -0.2) is 53.7 Å². The van der Waals surface area contributed by atoms with Gasteiger partial charge in [0.25, 0.3) is 0 Å². The third-order valence-corrected chi connectivity index (χ3v) is 6.18. The highest BCUT2D eigenvalue weighted by atomic mass is 32.1. The van der Waals surface area contributed by atoms with E-state index < -0.39 is 0 Å². The highest BCUT2D eigenvalue weighted by Gasteiger charge is 2.15. The summed E-state index contributed by atoms with van der Waals surface area (Å²) in [7, 11) is 0. The Labute approximate surface area is 182 Å². The summed E-state index contributed by atoms with van der Waals surface area (Å²) >= 11 is 7.47. The van der Waals surface area contributed by atoms with Gasteiger partial charge in [0.05, 0.1) is 18.7 Å². The molecule has 1 aromatic heterocycles. The molecule has 3 rings (SSSR count). The average Bonchev–Trinajstić information content (AvgIpc) is 3.42. The Morgan fingerprint density at radius 2 is 2.00 bits per heavy atom. The van der Waals surface area contributed by atoms with E-state index in [0.29, 0.717) is 17.3 Å². The highest BCUT2D eigenvalue weighted by Crippen LogP contribution is 2.16. The van der Waals surface area contributed by atoms with E-state index in [1.165, 1.54) is 30.8 Å². The minimum atomic E-state index is -0.303. The molecule has 5 nitrogen and oxygen atoms in total. The number of thiocarbonyl (C=S) groups is 1. The molecule has 7 heteroatoms. The molecule has 1 aliphatic rings. The Kier molecular flexibility index (Phi) is 8.46. The Morgan fingerprint density at radius 3 is 2.66 bits per heavy atom. The predicted octanol–water partition coefficient (Wildman–Crippen LogP) is 4.61. The molecule has 0 atom stereocenters. The summed E-state index contributed by atoms with van der Waals surface area (Å²) in [4.78, 5) is 17.9. The zero-order valence-electron chi connectivity index (χ0n) is 16.9. The van der Waals surface area contributed by atoms with Gasteiger partial charge in [-0.3, -0.25) is 0 Å². The SMILES string of the molecule is CCOC(=O)c1ccc(NC(=S)N(CCCN2CCCC2)Cc2cccs2)cc1. The molecule has 0 saturated carbocycles. The molecule has 0 aliphatic carbocycles. The largest absolute Gasteiger partial charge is 0.462 e. The molecule has 0 unspecified atom stereocenters.